The highest BCUT2D eigenvalue weighted by molar-refractivity contribution is 7.07. The number of ether oxygens (including phenoxy) is 1. The lowest BCUT2D eigenvalue weighted by Crippen LogP contribution is -2.47. The van der Waals surface area contributed by atoms with Gasteiger partial charge in [-0.15, -0.1) is 11.3 Å². The first kappa shape index (κ1) is 17.6. The van der Waals surface area contributed by atoms with Crippen LogP contribution in [0, 0.1) is 0 Å². The molecule has 0 aromatic carbocycles. The first-order chi connectivity index (χ1) is 12.8. The van der Waals surface area contributed by atoms with E-state index in [0.717, 1.165) is 44.0 Å². The molecular formula is C18H25N5O2S. The van der Waals surface area contributed by atoms with Crippen molar-refractivity contribution in [2.75, 3.05) is 45.9 Å². The molecule has 26 heavy (non-hydrogen) atoms. The van der Waals surface area contributed by atoms with Crippen LogP contribution in [0.25, 0.3) is 0 Å². The number of aromatic nitrogens is 3. The summed E-state index contributed by atoms with van der Waals surface area (Å²) in [6, 6.07) is 0. The zero-order valence-corrected chi connectivity index (χ0v) is 15.7. The average molecular weight is 375 g/mol. The number of nitrogens with zero attached hydrogens (tertiary/aromatic N) is 5. The molecule has 2 aromatic rings. The van der Waals surface area contributed by atoms with Crippen LogP contribution < -0.4 is 0 Å². The molecule has 1 atom stereocenters. The minimum Gasteiger partial charge on any atom is -0.378 e. The van der Waals surface area contributed by atoms with Gasteiger partial charge in [-0.05, 0) is 19.4 Å². The zero-order chi connectivity index (χ0) is 17.8. The summed E-state index contributed by atoms with van der Waals surface area (Å²) >= 11 is 1.62. The SMILES string of the molecule is O=C(CN1CCC[C@@H](c2nccn2Cc2cscn2)C1)N1CCOCC1. The van der Waals surface area contributed by atoms with Gasteiger partial charge in [0.25, 0.3) is 0 Å². The topological polar surface area (TPSA) is 63.5 Å². The minimum absolute atomic E-state index is 0.222. The van der Waals surface area contributed by atoms with E-state index in [2.05, 4.69) is 24.8 Å². The lowest BCUT2D eigenvalue weighted by atomic mass is 9.97. The van der Waals surface area contributed by atoms with Gasteiger partial charge < -0.3 is 14.2 Å². The number of amides is 1. The summed E-state index contributed by atoms with van der Waals surface area (Å²) in [5.41, 5.74) is 2.94. The second kappa shape index (κ2) is 8.28. The number of likely N-dealkylation sites (tertiary alicyclic amines) is 1. The molecule has 0 N–H and O–H groups in total. The highest BCUT2D eigenvalue weighted by Gasteiger charge is 2.27. The van der Waals surface area contributed by atoms with Crippen LogP contribution in [0.4, 0.5) is 0 Å². The Bertz CT molecular complexity index is 711. The molecule has 0 unspecified atom stereocenters. The summed E-state index contributed by atoms with van der Waals surface area (Å²) < 4.78 is 7.54. The molecule has 2 aliphatic rings. The van der Waals surface area contributed by atoms with Crippen LogP contribution in [-0.4, -0.2) is 76.2 Å². The zero-order valence-electron chi connectivity index (χ0n) is 14.9. The second-order valence-corrected chi connectivity index (χ2v) is 7.68. The number of carbonyl (C=O) groups excluding carboxylic acids is 1. The van der Waals surface area contributed by atoms with E-state index < -0.39 is 0 Å². The fourth-order valence-corrected chi connectivity index (χ4v) is 4.37. The largest absolute Gasteiger partial charge is 0.378 e. The molecule has 2 fully saturated rings. The lowest BCUT2D eigenvalue weighted by molar-refractivity contribution is -0.136. The molecule has 4 heterocycles. The first-order valence-electron chi connectivity index (χ1n) is 9.25. The molecular weight excluding hydrogens is 350 g/mol. The number of rotatable bonds is 5. The quantitative estimate of drug-likeness (QED) is 0.791. The van der Waals surface area contributed by atoms with Crippen LogP contribution in [0.15, 0.2) is 23.3 Å². The first-order valence-corrected chi connectivity index (χ1v) is 10.2. The third-order valence-corrected chi connectivity index (χ3v) is 5.79. The van der Waals surface area contributed by atoms with Gasteiger partial charge in [-0.3, -0.25) is 9.69 Å². The summed E-state index contributed by atoms with van der Waals surface area (Å²) in [7, 11) is 0. The number of carbonyl (C=O) groups is 1. The van der Waals surface area contributed by atoms with Crippen LogP contribution in [0.1, 0.15) is 30.3 Å². The van der Waals surface area contributed by atoms with E-state index in [0.29, 0.717) is 38.8 Å². The Morgan fingerprint density at radius 1 is 1.27 bits per heavy atom. The van der Waals surface area contributed by atoms with Gasteiger partial charge in [0.05, 0.1) is 37.5 Å². The van der Waals surface area contributed by atoms with E-state index in [-0.39, 0.29) is 5.91 Å². The van der Waals surface area contributed by atoms with Crippen LogP contribution in [0.5, 0.6) is 0 Å². The molecule has 7 nitrogen and oxygen atoms in total. The molecule has 0 saturated carbocycles. The van der Waals surface area contributed by atoms with E-state index >= 15 is 0 Å². The lowest BCUT2D eigenvalue weighted by Gasteiger charge is -2.34. The Kier molecular flexibility index (Phi) is 5.62. The molecule has 2 aliphatic heterocycles. The van der Waals surface area contributed by atoms with Crippen molar-refractivity contribution in [3.05, 3.63) is 34.8 Å². The third kappa shape index (κ3) is 4.13. The van der Waals surface area contributed by atoms with Crippen molar-refractivity contribution in [1.29, 1.82) is 0 Å². The Hall–Kier alpha value is -1.77. The summed E-state index contributed by atoms with van der Waals surface area (Å²) in [5, 5.41) is 2.08. The maximum absolute atomic E-state index is 12.5. The van der Waals surface area contributed by atoms with Crippen molar-refractivity contribution >= 4 is 17.2 Å². The van der Waals surface area contributed by atoms with Crippen LogP contribution in [0.2, 0.25) is 0 Å². The van der Waals surface area contributed by atoms with Gasteiger partial charge in [0.15, 0.2) is 0 Å². The molecule has 0 bridgehead atoms. The second-order valence-electron chi connectivity index (χ2n) is 6.96. The number of imidazole rings is 1. The van der Waals surface area contributed by atoms with Crippen molar-refractivity contribution in [3.8, 4) is 0 Å². The van der Waals surface area contributed by atoms with Crippen molar-refractivity contribution in [1.82, 2.24) is 24.3 Å². The fourth-order valence-electron chi connectivity index (χ4n) is 3.82. The van der Waals surface area contributed by atoms with Crippen molar-refractivity contribution in [2.45, 2.75) is 25.3 Å². The van der Waals surface area contributed by atoms with Crippen molar-refractivity contribution in [3.63, 3.8) is 0 Å². The Labute approximate surface area is 157 Å². The average Bonchev–Trinajstić information content (AvgIpc) is 3.35. The minimum atomic E-state index is 0.222. The van der Waals surface area contributed by atoms with Crippen LogP contribution in [0.3, 0.4) is 0 Å². The summed E-state index contributed by atoms with van der Waals surface area (Å²) in [4.78, 5) is 25.8. The summed E-state index contributed by atoms with van der Waals surface area (Å²) in [6.07, 6.45) is 6.13. The molecule has 2 aromatic heterocycles. The number of hydrogen-bond donors (Lipinski definition) is 0. The Morgan fingerprint density at radius 2 is 2.15 bits per heavy atom. The molecule has 8 heteroatoms. The summed E-state index contributed by atoms with van der Waals surface area (Å²) in [6.45, 7) is 5.89. The number of piperidine rings is 1. The predicted octanol–water partition coefficient (Wildman–Crippen LogP) is 1.43. The maximum Gasteiger partial charge on any atom is 0.236 e. The van der Waals surface area contributed by atoms with Gasteiger partial charge >= 0.3 is 0 Å². The maximum atomic E-state index is 12.5. The van der Waals surface area contributed by atoms with Gasteiger partial charge in [0.1, 0.15) is 5.82 Å². The van der Waals surface area contributed by atoms with Gasteiger partial charge in [-0.25, -0.2) is 9.97 Å². The van der Waals surface area contributed by atoms with Gasteiger partial charge in [0, 0.05) is 43.3 Å². The van der Waals surface area contributed by atoms with Crippen molar-refractivity contribution in [2.24, 2.45) is 0 Å². The Morgan fingerprint density at radius 3 is 2.96 bits per heavy atom. The number of hydrogen-bond acceptors (Lipinski definition) is 6. The molecule has 2 saturated heterocycles. The monoisotopic (exact) mass is 375 g/mol. The highest BCUT2D eigenvalue weighted by Crippen LogP contribution is 2.26. The van der Waals surface area contributed by atoms with E-state index in [9.17, 15) is 4.79 Å². The molecule has 140 valence electrons. The molecule has 0 spiro atoms. The molecule has 0 radical (unpaired) electrons. The van der Waals surface area contributed by atoms with Gasteiger partial charge in [-0.2, -0.15) is 0 Å². The summed E-state index contributed by atoms with van der Waals surface area (Å²) in [5.74, 6) is 1.70. The van der Waals surface area contributed by atoms with Crippen LogP contribution >= 0.6 is 11.3 Å². The smallest absolute Gasteiger partial charge is 0.236 e. The number of morpholine rings is 1. The number of thiazole rings is 1. The molecule has 0 aliphatic carbocycles. The molecule has 4 rings (SSSR count). The van der Waals surface area contributed by atoms with Crippen molar-refractivity contribution < 1.29 is 9.53 Å². The normalized spacial score (nSPS) is 21.8. The van der Waals surface area contributed by atoms with E-state index in [4.69, 9.17) is 4.74 Å². The molecule has 1 amide bonds. The Balaban J connectivity index is 1.38. The highest BCUT2D eigenvalue weighted by atomic mass is 32.1. The predicted molar refractivity (Wildman–Crippen MR) is 99.3 cm³/mol. The van der Waals surface area contributed by atoms with Crippen LogP contribution in [-0.2, 0) is 16.1 Å². The van der Waals surface area contributed by atoms with E-state index in [1.165, 1.54) is 0 Å². The van der Waals surface area contributed by atoms with Gasteiger partial charge in [-0.1, -0.05) is 0 Å². The third-order valence-electron chi connectivity index (χ3n) is 5.16. The van der Waals surface area contributed by atoms with E-state index in [1.54, 1.807) is 11.3 Å². The fraction of sp³-hybridized carbons (Fsp3) is 0.611. The van der Waals surface area contributed by atoms with Gasteiger partial charge in [0.2, 0.25) is 5.91 Å². The standard InChI is InChI=1S/C18H25N5O2S/c24-17(22-6-8-25-9-7-22)12-21-4-1-2-15(10-21)18-19-3-5-23(18)11-16-13-26-14-20-16/h3,5,13-15H,1-2,4,6-12H2/t15-/m1/s1. The van der Waals surface area contributed by atoms with E-state index in [1.807, 2.05) is 22.8 Å².